The molecule has 2 heterocycles. The van der Waals surface area contributed by atoms with Gasteiger partial charge in [-0.1, -0.05) is 54.6 Å². The van der Waals surface area contributed by atoms with Crippen molar-refractivity contribution in [2.24, 2.45) is 5.73 Å². The first-order chi connectivity index (χ1) is 12.3. The number of hydrogen-bond acceptors (Lipinski definition) is 4. The molecule has 0 radical (unpaired) electrons. The van der Waals surface area contributed by atoms with Gasteiger partial charge in [-0.05, 0) is 24.1 Å². The lowest BCUT2D eigenvalue weighted by Gasteiger charge is -2.14. The summed E-state index contributed by atoms with van der Waals surface area (Å²) in [5.74, 6) is 0.812. The van der Waals surface area contributed by atoms with Crippen molar-refractivity contribution in [2.75, 3.05) is 6.54 Å². The van der Waals surface area contributed by atoms with E-state index in [9.17, 15) is 0 Å². The highest BCUT2D eigenvalue weighted by Gasteiger charge is 2.21. The van der Waals surface area contributed by atoms with Gasteiger partial charge in [-0.2, -0.15) is 0 Å². The maximum absolute atomic E-state index is 5.61. The summed E-state index contributed by atoms with van der Waals surface area (Å²) < 4.78 is 0. The maximum Gasteiger partial charge on any atom is 0.159 e. The van der Waals surface area contributed by atoms with Crippen LogP contribution in [-0.4, -0.2) is 21.4 Å². The van der Waals surface area contributed by atoms with Gasteiger partial charge in [-0.3, -0.25) is 4.90 Å². The third-order valence-electron chi connectivity index (χ3n) is 4.62. The SMILES string of the molecule is NCCc1ccc(CN2Cc3cnc(-c4ccccc4)nc3C2)cc1. The summed E-state index contributed by atoms with van der Waals surface area (Å²) in [7, 11) is 0. The van der Waals surface area contributed by atoms with E-state index >= 15 is 0 Å². The summed E-state index contributed by atoms with van der Waals surface area (Å²) in [6.07, 6.45) is 2.92. The molecule has 1 aliphatic heterocycles. The molecule has 0 amide bonds. The Kier molecular flexibility index (Phi) is 4.55. The summed E-state index contributed by atoms with van der Waals surface area (Å²) in [4.78, 5) is 11.7. The van der Waals surface area contributed by atoms with Crippen LogP contribution in [0.25, 0.3) is 11.4 Å². The highest BCUT2D eigenvalue weighted by atomic mass is 15.2. The zero-order valence-corrected chi connectivity index (χ0v) is 14.2. The fraction of sp³-hybridized carbons (Fsp3) is 0.238. The number of benzene rings is 2. The number of aromatic nitrogens is 2. The van der Waals surface area contributed by atoms with Crippen LogP contribution in [0.5, 0.6) is 0 Å². The molecule has 0 atom stereocenters. The highest BCUT2D eigenvalue weighted by molar-refractivity contribution is 5.54. The van der Waals surface area contributed by atoms with E-state index in [0.717, 1.165) is 43.1 Å². The molecule has 0 saturated carbocycles. The Balaban J connectivity index is 1.46. The molecule has 1 aromatic heterocycles. The lowest BCUT2D eigenvalue weighted by Crippen LogP contribution is -2.15. The standard InChI is InChI=1S/C21H22N4/c22-11-10-16-6-8-17(9-7-16)13-25-14-19-12-23-21(24-20(19)15-25)18-4-2-1-3-5-18/h1-9,12H,10-11,13-15,22H2. The second-order valence-corrected chi connectivity index (χ2v) is 6.53. The fourth-order valence-corrected chi connectivity index (χ4v) is 3.29. The van der Waals surface area contributed by atoms with Gasteiger partial charge in [0.05, 0.1) is 5.69 Å². The van der Waals surface area contributed by atoms with Crippen LogP contribution >= 0.6 is 0 Å². The number of nitrogens with zero attached hydrogens (tertiary/aromatic N) is 3. The molecular formula is C21H22N4. The van der Waals surface area contributed by atoms with Crippen molar-refractivity contribution < 1.29 is 0 Å². The molecule has 4 nitrogen and oxygen atoms in total. The largest absolute Gasteiger partial charge is 0.330 e. The van der Waals surface area contributed by atoms with Crippen molar-refractivity contribution in [3.63, 3.8) is 0 Å². The van der Waals surface area contributed by atoms with Gasteiger partial charge in [0.25, 0.3) is 0 Å². The summed E-state index contributed by atoms with van der Waals surface area (Å²) in [5, 5.41) is 0. The quantitative estimate of drug-likeness (QED) is 0.781. The molecule has 4 rings (SSSR count). The van der Waals surface area contributed by atoms with E-state index in [1.807, 2.05) is 24.4 Å². The van der Waals surface area contributed by atoms with Crippen LogP contribution in [0, 0.1) is 0 Å². The van der Waals surface area contributed by atoms with Gasteiger partial charge in [0.15, 0.2) is 5.82 Å². The van der Waals surface area contributed by atoms with Crippen LogP contribution in [0.15, 0.2) is 60.8 Å². The van der Waals surface area contributed by atoms with Gasteiger partial charge in [0.2, 0.25) is 0 Å². The zero-order valence-electron chi connectivity index (χ0n) is 14.2. The number of rotatable bonds is 5. The van der Waals surface area contributed by atoms with E-state index in [1.54, 1.807) is 0 Å². The molecule has 2 N–H and O–H groups in total. The van der Waals surface area contributed by atoms with E-state index in [2.05, 4.69) is 46.3 Å². The predicted octanol–water partition coefficient (Wildman–Crippen LogP) is 3.16. The van der Waals surface area contributed by atoms with Crippen LogP contribution in [0.3, 0.4) is 0 Å². The Bertz CT molecular complexity index is 844. The van der Waals surface area contributed by atoms with Crippen LogP contribution in [-0.2, 0) is 26.1 Å². The molecule has 0 bridgehead atoms. The molecule has 1 aliphatic rings. The van der Waals surface area contributed by atoms with E-state index in [1.165, 1.54) is 16.7 Å². The molecule has 0 unspecified atom stereocenters. The first-order valence-electron chi connectivity index (χ1n) is 8.72. The van der Waals surface area contributed by atoms with Gasteiger partial charge in [0.1, 0.15) is 0 Å². The van der Waals surface area contributed by atoms with Crippen LogP contribution in [0.2, 0.25) is 0 Å². The fourth-order valence-electron chi connectivity index (χ4n) is 3.29. The average Bonchev–Trinajstić information content (AvgIpc) is 3.06. The molecule has 3 aromatic rings. The van der Waals surface area contributed by atoms with Crippen molar-refractivity contribution in [1.82, 2.24) is 14.9 Å². The van der Waals surface area contributed by atoms with Crippen molar-refractivity contribution in [3.8, 4) is 11.4 Å². The Hall–Kier alpha value is -2.56. The van der Waals surface area contributed by atoms with E-state index in [4.69, 9.17) is 10.7 Å². The van der Waals surface area contributed by atoms with Crippen molar-refractivity contribution >= 4 is 0 Å². The Morgan fingerprint density at radius 2 is 1.68 bits per heavy atom. The monoisotopic (exact) mass is 330 g/mol. The second kappa shape index (κ2) is 7.13. The normalized spacial score (nSPS) is 13.8. The molecular weight excluding hydrogens is 308 g/mol. The zero-order chi connectivity index (χ0) is 17.1. The molecule has 4 heteroatoms. The molecule has 2 aromatic carbocycles. The second-order valence-electron chi connectivity index (χ2n) is 6.53. The van der Waals surface area contributed by atoms with Crippen molar-refractivity contribution in [2.45, 2.75) is 26.1 Å². The van der Waals surface area contributed by atoms with Crippen molar-refractivity contribution in [1.29, 1.82) is 0 Å². The number of fused-ring (bicyclic) bond motifs is 1. The third kappa shape index (κ3) is 3.60. The van der Waals surface area contributed by atoms with Gasteiger partial charge >= 0.3 is 0 Å². The smallest absolute Gasteiger partial charge is 0.159 e. The van der Waals surface area contributed by atoms with Gasteiger partial charge in [-0.25, -0.2) is 9.97 Å². The molecule has 126 valence electrons. The minimum absolute atomic E-state index is 0.698. The van der Waals surface area contributed by atoms with Gasteiger partial charge in [-0.15, -0.1) is 0 Å². The summed E-state index contributed by atoms with van der Waals surface area (Å²) in [6.45, 7) is 3.42. The molecule has 0 spiro atoms. The first-order valence-corrected chi connectivity index (χ1v) is 8.72. The number of nitrogens with two attached hydrogens (primary N) is 1. The topological polar surface area (TPSA) is 55.0 Å². The van der Waals surface area contributed by atoms with E-state index in [-0.39, 0.29) is 0 Å². The van der Waals surface area contributed by atoms with Gasteiger partial charge in [0, 0.05) is 37.0 Å². The molecule has 0 fully saturated rings. The van der Waals surface area contributed by atoms with Crippen LogP contribution < -0.4 is 5.73 Å². The first kappa shape index (κ1) is 15.9. The summed E-state index contributed by atoms with van der Waals surface area (Å²) in [6, 6.07) is 18.9. The van der Waals surface area contributed by atoms with Gasteiger partial charge < -0.3 is 5.73 Å². The molecule has 0 saturated heterocycles. The van der Waals surface area contributed by atoms with Crippen molar-refractivity contribution in [3.05, 3.63) is 83.2 Å². The Labute approximate surface area is 148 Å². The van der Waals surface area contributed by atoms with Crippen LogP contribution in [0.1, 0.15) is 22.4 Å². The maximum atomic E-state index is 5.61. The average molecular weight is 330 g/mol. The minimum atomic E-state index is 0.698. The predicted molar refractivity (Wildman–Crippen MR) is 99.6 cm³/mol. The third-order valence-corrected chi connectivity index (χ3v) is 4.62. The highest BCUT2D eigenvalue weighted by Crippen LogP contribution is 2.25. The Morgan fingerprint density at radius 3 is 2.44 bits per heavy atom. The lowest BCUT2D eigenvalue weighted by molar-refractivity contribution is 0.274. The lowest BCUT2D eigenvalue weighted by atomic mass is 10.1. The van der Waals surface area contributed by atoms with E-state index < -0.39 is 0 Å². The summed E-state index contributed by atoms with van der Waals surface area (Å²) >= 11 is 0. The summed E-state index contributed by atoms with van der Waals surface area (Å²) in [5.41, 5.74) is 11.7. The molecule has 25 heavy (non-hydrogen) atoms. The number of hydrogen-bond donors (Lipinski definition) is 1. The Morgan fingerprint density at radius 1 is 0.920 bits per heavy atom. The molecule has 0 aliphatic carbocycles. The minimum Gasteiger partial charge on any atom is -0.330 e. The van der Waals surface area contributed by atoms with E-state index in [0.29, 0.717) is 6.54 Å². The van der Waals surface area contributed by atoms with Crippen LogP contribution in [0.4, 0.5) is 0 Å².